The van der Waals surface area contributed by atoms with Gasteiger partial charge in [0.25, 0.3) is 0 Å². The highest BCUT2D eigenvalue weighted by Gasteiger charge is 2.13. The predicted octanol–water partition coefficient (Wildman–Crippen LogP) is 5.02. The van der Waals surface area contributed by atoms with Crippen molar-refractivity contribution >= 4 is 34.9 Å². The van der Waals surface area contributed by atoms with E-state index in [9.17, 15) is 9.18 Å². The molecule has 0 radical (unpaired) electrons. The molecule has 0 aliphatic carbocycles. The van der Waals surface area contributed by atoms with Gasteiger partial charge in [-0.15, -0.1) is 0 Å². The van der Waals surface area contributed by atoms with E-state index in [0.717, 1.165) is 5.56 Å². The van der Waals surface area contributed by atoms with E-state index in [1.165, 1.54) is 18.2 Å². The van der Waals surface area contributed by atoms with Gasteiger partial charge in [0, 0.05) is 15.7 Å². The summed E-state index contributed by atoms with van der Waals surface area (Å²) < 4.78 is 13.0. The molecule has 0 aromatic heterocycles. The molecule has 3 nitrogen and oxygen atoms in total. The van der Waals surface area contributed by atoms with Crippen LogP contribution < -0.4 is 10.6 Å². The van der Waals surface area contributed by atoms with Crippen LogP contribution in [0.25, 0.3) is 0 Å². The van der Waals surface area contributed by atoms with Crippen LogP contribution in [-0.2, 0) is 0 Å². The number of hydrogen-bond acceptors (Lipinski definition) is 1. The summed E-state index contributed by atoms with van der Waals surface area (Å²) in [6.07, 6.45) is 0. The number of hydrogen-bond donors (Lipinski definition) is 2. The lowest BCUT2D eigenvalue weighted by Gasteiger charge is -2.16. The Morgan fingerprint density at radius 2 is 1.95 bits per heavy atom. The Kier molecular flexibility index (Phi) is 5.04. The largest absolute Gasteiger partial charge is 0.331 e. The average Bonchev–Trinajstić information content (AvgIpc) is 2.38. The molecule has 0 spiro atoms. The molecule has 0 heterocycles. The first-order valence-electron chi connectivity index (χ1n) is 6.24. The second kappa shape index (κ2) is 6.78. The summed E-state index contributed by atoms with van der Waals surface area (Å²) in [5, 5.41) is 6.28. The molecule has 110 valence electrons. The zero-order valence-electron chi connectivity index (χ0n) is 11.2. The molecular weight excluding hydrogens is 314 g/mol. The summed E-state index contributed by atoms with van der Waals surface area (Å²) in [5.74, 6) is -0.415. The summed E-state index contributed by atoms with van der Waals surface area (Å²) >= 11 is 11.9. The van der Waals surface area contributed by atoms with Gasteiger partial charge >= 0.3 is 6.03 Å². The molecular formula is C15H13Cl2FN2O. The molecule has 2 aromatic carbocycles. The minimum absolute atomic E-state index is 0.316. The Morgan fingerprint density at radius 3 is 2.62 bits per heavy atom. The van der Waals surface area contributed by atoms with Crippen LogP contribution in [0.2, 0.25) is 10.0 Å². The molecule has 0 bridgehead atoms. The lowest BCUT2D eigenvalue weighted by molar-refractivity contribution is 0.249. The molecule has 21 heavy (non-hydrogen) atoms. The van der Waals surface area contributed by atoms with Gasteiger partial charge in [-0.05, 0) is 42.8 Å². The SMILES string of the molecule is CC(NC(=O)Nc1cccc(F)c1)c1ccc(Cl)cc1Cl. The number of benzene rings is 2. The minimum Gasteiger partial charge on any atom is -0.331 e. The lowest BCUT2D eigenvalue weighted by atomic mass is 10.1. The number of amides is 2. The molecule has 2 rings (SSSR count). The van der Waals surface area contributed by atoms with Gasteiger partial charge < -0.3 is 10.6 Å². The third-order valence-corrected chi connectivity index (χ3v) is 3.42. The normalized spacial score (nSPS) is 11.8. The fourth-order valence-corrected chi connectivity index (χ4v) is 2.43. The predicted molar refractivity (Wildman–Crippen MR) is 83.4 cm³/mol. The van der Waals surface area contributed by atoms with E-state index >= 15 is 0 Å². The number of carbonyl (C=O) groups is 1. The molecule has 1 atom stereocenters. The number of halogens is 3. The quantitative estimate of drug-likeness (QED) is 0.817. The Labute approximate surface area is 132 Å². The van der Waals surface area contributed by atoms with E-state index in [1.807, 2.05) is 0 Å². The molecule has 1 unspecified atom stereocenters. The summed E-state index contributed by atoms with van der Waals surface area (Å²) in [6.45, 7) is 1.79. The van der Waals surface area contributed by atoms with Gasteiger partial charge in [-0.25, -0.2) is 9.18 Å². The van der Waals surface area contributed by atoms with Crippen LogP contribution in [-0.4, -0.2) is 6.03 Å². The third-order valence-electron chi connectivity index (χ3n) is 2.86. The van der Waals surface area contributed by atoms with Crippen LogP contribution in [0.4, 0.5) is 14.9 Å². The van der Waals surface area contributed by atoms with Crippen LogP contribution in [0, 0.1) is 5.82 Å². The van der Waals surface area contributed by atoms with Crippen molar-refractivity contribution in [2.45, 2.75) is 13.0 Å². The molecule has 2 aromatic rings. The van der Waals surface area contributed by atoms with E-state index in [1.54, 1.807) is 31.2 Å². The molecule has 2 amide bonds. The van der Waals surface area contributed by atoms with Crippen molar-refractivity contribution in [1.82, 2.24) is 5.32 Å². The molecule has 6 heteroatoms. The molecule has 0 aliphatic rings. The van der Waals surface area contributed by atoms with Crippen molar-refractivity contribution in [2.24, 2.45) is 0 Å². The Morgan fingerprint density at radius 1 is 1.19 bits per heavy atom. The van der Waals surface area contributed by atoms with Crippen molar-refractivity contribution in [1.29, 1.82) is 0 Å². The highest BCUT2D eigenvalue weighted by atomic mass is 35.5. The van der Waals surface area contributed by atoms with Gasteiger partial charge in [0.05, 0.1) is 6.04 Å². The zero-order chi connectivity index (χ0) is 15.4. The number of urea groups is 1. The summed E-state index contributed by atoms with van der Waals surface area (Å²) in [6, 6.07) is 9.96. The van der Waals surface area contributed by atoms with Crippen LogP contribution in [0.1, 0.15) is 18.5 Å². The molecule has 2 N–H and O–H groups in total. The summed E-state index contributed by atoms with van der Waals surface area (Å²) in [4.78, 5) is 11.9. The van der Waals surface area contributed by atoms with Gasteiger partial charge in [-0.3, -0.25) is 0 Å². The topological polar surface area (TPSA) is 41.1 Å². The summed E-state index contributed by atoms with van der Waals surface area (Å²) in [5.41, 5.74) is 1.12. The minimum atomic E-state index is -0.445. The van der Waals surface area contributed by atoms with Crippen LogP contribution in [0.5, 0.6) is 0 Å². The standard InChI is InChI=1S/C15H13Cl2FN2O/c1-9(13-6-5-10(16)7-14(13)17)19-15(21)20-12-4-2-3-11(18)8-12/h2-9H,1H3,(H2,19,20,21). The smallest absolute Gasteiger partial charge is 0.319 e. The summed E-state index contributed by atoms with van der Waals surface area (Å²) in [7, 11) is 0. The maximum Gasteiger partial charge on any atom is 0.319 e. The second-order valence-corrected chi connectivity index (χ2v) is 5.34. The molecule has 0 fully saturated rings. The zero-order valence-corrected chi connectivity index (χ0v) is 12.7. The molecule has 0 saturated carbocycles. The lowest BCUT2D eigenvalue weighted by Crippen LogP contribution is -2.31. The fraction of sp³-hybridized carbons (Fsp3) is 0.133. The third kappa shape index (κ3) is 4.34. The van der Waals surface area contributed by atoms with Crippen molar-refractivity contribution in [3.63, 3.8) is 0 Å². The Bertz CT molecular complexity index is 664. The van der Waals surface area contributed by atoms with Gasteiger partial charge in [0.1, 0.15) is 5.82 Å². The van der Waals surface area contributed by atoms with E-state index in [4.69, 9.17) is 23.2 Å². The van der Waals surface area contributed by atoms with Crippen molar-refractivity contribution in [3.8, 4) is 0 Å². The highest BCUT2D eigenvalue weighted by Crippen LogP contribution is 2.26. The Balaban J connectivity index is 2.02. The Hall–Kier alpha value is -1.78. The first-order chi connectivity index (χ1) is 9.95. The monoisotopic (exact) mass is 326 g/mol. The molecule has 0 aliphatic heterocycles. The van der Waals surface area contributed by atoms with Crippen LogP contribution >= 0.6 is 23.2 Å². The van der Waals surface area contributed by atoms with Crippen molar-refractivity contribution in [3.05, 3.63) is 63.9 Å². The maximum atomic E-state index is 13.0. The van der Waals surface area contributed by atoms with Crippen molar-refractivity contribution < 1.29 is 9.18 Å². The van der Waals surface area contributed by atoms with E-state index in [-0.39, 0.29) is 6.04 Å². The van der Waals surface area contributed by atoms with Crippen LogP contribution in [0.15, 0.2) is 42.5 Å². The highest BCUT2D eigenvalue weighted by molar-refractivity contribution is 6.35. The first-order valence-corrected chi connectivity index (χ1v) is 6.99. The van der Waals surface area contributed by atoms with Gasteiger partial charge in [0.15, 0.2) is 0 Å². The maximum absolute atomic E-state index is 13.0. The number of carbonyl (C=O) groups excluding carboxylic acids is 1. The number of anilines is 1. The van der Waals surface area contributed by atoms with E-state index in [2.05, 4.69) is 10.6 Å². The van der Waals surface area contributed by atoms with Crippen molar-refractivity contribution in [2.75, 3.05) is 5.32 Å². The number of rotatable bonds is 3. The average molecular weight is 327 g/mol. The number of nitrogens with one attached hydrogen (secondary N) is 2. The molecule has 0 saturated heterocycles. The van der Waals surface area contributed by atoms with Crippen LogP contribution in [0.3, 0.4) is 0 Å². The fourth-order valence-electron chi connectivity index (χ4n) is 1.86. The van der Waals surface area contributed by atoms with Gasteiger partial charge in [-0.2, -0.15) is 0 Å². The van der Waals surface area contributed by atoms with E-state index in [0.29, 0.717) is 15.7 Å². The van der Waals surface area contributed by atoms with E-state index < -0.39 is 11.8 Å². The second-order valence-electron chi connectivity index (χ2n) is 4.50. The van der Waals surface area contributed by atoms with Gasteiger partial charge in [-0.1, -0.05) is 35.3 Å². The first kappa shape index (κ1) is 15.6. The van der Waals surface area contributed by atoms with Gasteiger partial charge in [0.2, 0.25) is 0 Å².